The van der Waals surface area contributed by atoms with E-state index in [0.29, 0.717) is 17.2 Å². The molecule has 1 aliphatic rings. The quantitative estimate of drug-likeness (QED) is 0.618. The summed E-state index contributed by atoms with van der Waals surface area (Å²) in [5.41, 5.74) is 4.24. The normalized spacial score (nSPS) is 18.5. The van der Waals surface area contributed by atoms with Crippen LogP contribution < -0.4 is 16.4 Å². The van der Waals surface area contributed by atoms with Gasteiger partial charge in [0.15, 0.2) is 5.69 Å². The average molecular weight is 355 g/mol. The van der Waals surface area contributed by atoms with Gasteiger partial charge in [-0.3, -0.25) is 25.2 Å². The Morgan fingerprint density at radius 3 is 2.48 bits per heavy atom. The number of nitrogens with one attached hydrogen (secondary N) is 2. The first-order valence-electron chi connectivity index (χ1n) is 6.75. The topological polar surface area (TPSA) is 93.1 Å². The number of fused-ring (bicyclic) bond motifs is 1. The Morgan fingerprint density at radius 2 is 1.87 bits per heavy atom. The molecular weight excluding hydrogens is 343 g/mol. The third-order valence-corrected chi connectivity index (χ3v) is 4.45. The first-order valence-corrected chi connectivity index (χ1v) is 7.51. The summed E-state index contributed by atoms with van der Waals surface area (Å²) in [4.78, 5) is 36.0. The summed E-state index contributed by atoms with van der Waals surface area (Å²) in [6, 6.07) is 6.61. The van der Waals surface area contributed by atoms with E-state index in [0.717, 1.165) is 4.68 Å². The highest BCUT2D eigenvalue weighted by atomic mass is 35.5. The van der Waals surface area contributed by atoms with Gasteiger partial charge in [0.25, 0.3) is 11.5 Å². The van der Waals surface area contributed by atoms with E-state index in [2.05, 4.69) is 16.0 Å². The molecule has 1 aromatic heterocycles. The lowest BCUT2D eigenvalue weighted by molar-refractivity contribution is -0.123. The van der Waals surface area contributed by atoms with Crippen molar-refractivity contribution in [3.05, 3.63) is 40.3 Å². The van der Waals surface area contributed by atoms with Crippen LogP contribution >= 0.6 is 23.2 Å². The van der Waals surface area contributed by atoms with Crippen LogP contribution in [-0.4, -0.2) is 25.9 Å². The van der Waals surface area contributed by atoms with Crippen molar-refractivity contribution >= 4 is 45.8 Å². The summed E-state index contributed by atoms with van der Waals surface area (Å²) in [7, 11) is 1.45. The first kappa shape index (κ1) is 15.8. The van der Waals surface area contributed by atoms with Crippen molar-refractivity contribution < 1.29 is 9.59 Å². The third kappa shape index (κ3) is 2.89. The fourth-order valence-electron chi connectivity index (χ4n) is 2.23. The minimum atomic E-state index is -1.07. The second-order valence-corrected chi connectivity index (χ2v) is 6.83. The molecule has 2 aromatic rings. The summed E-state index contributed by atoms with van der Waals surface area (Å²) in [5, 5.41) is 4.72. The number of carbonyl (C=O) groups excluding carboxylic acids is 2. The lowest BCUT2D eigenvalue weighted by Crippen LogP contribution is -2.44. The summed E-state index contributed by atoms with van der Waals surface area (Å²) in [5.74, 6) is -1.67. The maximum absolute atomic E-state index is 12.3. The summed E-state index contributed by atoms with van der Waals surface area (Å²) >= 11 is 11.6. The maximum Gasteiger partial charge on any atom is 0.290 e. The fraction of sp³-hybridized carbons (Fsp3) is 0.286. The van der Waals surface area contributed by atoms with Crippen LogP contribution in [0, 0.1) is 5.92 Å². The number of amides is 2. The number of alkyl halides is 2. The Kier molecular flexibility index (Phi) is 3.77. The lowest BCUT2D eigenvalue weighted by atomic mass is 10.1. The van der Waals surface area contributed by atoms with Gasteiger partial charge < -0.3 is 0 Å². The molecule has 3 rings (SSSR count). The van der Waals surface area contributed by atoms with Crippen molar-refractivity contribution in [1.29, 1.82) is 0 Å². The SMILES string of the molecule is Cn1nc(C(=O)NNC(=O)C2CC2(Cl)Cl)c2ccccc2c1=O. The van der Waals surface area contributed by atoms with Crippen LogP contribution in [0.5, 0.6) is 0 Å². The highest BCUT2D eigenvalue weighted by Crippen LogP contribution is 2.53. The smallest absolute Gasteiger partial charge is 0.273 e. The molecular formula is C14H12Cl2N4O3. The maximum atomic E-state index is 12.3. The Hall–Kier alpha value is -2.12. The van der Waals surface area contributed by atoms with Crippen molar-refractivity contribution in [2.45, 2.75) is 10.8 Å². The van der Waals surface area contributed by atoms with Crippen molar-refractivity contribution in [2.75, 3.05) is 0 Å². The zero-order valence-electron chi connectivity index (χ0n) is 12.0. The molecule has 1 aromatic carbocycles. The molecule has 1 fully saturated rings. The Labute approximate surface area is 140 Å². The number of aryl methyl sites for hydroxylation is 1. The molecule has 2 amide bonds. The van der Waals surface area contributed by atoms with Crippen molar-refractivity contribution in [1.82, 2.24) is 20.6 Å². The van der Waals surface area contributed by atoms with Crippen LogP contribution in [0.15, 0.2) is 29.1 Å². The highest BCUT2D eigenvalue weighted by molar-refractivity contribution is 6.52. The van der Waals surface area contributed by atoms with Crippen LogP contribution in [0.3, 0.4) is 0 Å². The standard InChI is InChI=1S/C14H12Cl2N4O3/c1-20-13(23)8-5-3-2-4-7(8)10(19-20)12(22)18-17-11(21)9-6-14(9,15)16/h2-5,9H,6H2,1H3,(H,17,21)(H,18,22). The molecule has 0 bridgehead atoms. The predicted octanol–water partition coefficient (Wildman–Crippen LogP) is 0.888. The molecule has 2 N–H and O–H groups in total. The largest absolute Gasteiger partial charge is 0.290 e. The van der Waals surface area contributed by atoms with Gasteiger partial charge in [-0.15, -0.1) is 23.2 Å². The number of hydrogen-bond donors (Lipinski definition) is 2. The molecule has 1 unspecified atom stereocenters. The summed E-state index contributed by atoms with van der Waals surface area (Å²) < 4.78 is -0.00108. The van der Waals surface area contributed by atoms with Gasteiger partial charge in [-0.2, -0.15) is 5.10 Å². The van der Waals surface area contributed by atoms with Gasteiger partial charge in [0.1, 0.15) is 4.33 Å². The monoisotopic (exact) mass is 354 g/mol. The van der Waals surface area contributed by atoms with Gasteiger partial charge in [0.2, 0.25) is 5.91 Å². The van der Waals surface area contributed by atoms with Gasteiger partial charge in [0.05, 0.1) is 11.3 Å². The molecule has 0 radical (unpaired) electrons. The third-order valence-electron chi connectivity index (χ3n) is 3.61. The van der Waals surface area contributed by atoms with E-state index in [1.165, 1.54) is 7.05 Å². The highest BCUT2D eigenvalue weighted by Gasteiger charge is 2.56. The molecule has 1 atom stereocenters. The molecule has 1 saturated carbocycles. The zero-order chi connectivity index (χ0) is 16.8. The van der Waals surface area contributed by atoms with Crippen molar-refractivity contribution in [3.8, 4) is 0 Å². The molecule has 7 nitrogen and oxygen atoms in total. The van der Waals surface area contributed by atoms with Crippen LogP contribution in [0.2, 0.25) is 0 Å². The van der Waals surface area contributed by atoms with E-state index in [1.54, 1.807) is 24.3 Å². The molecule has 120 valence electrons. The molecule has 1 aliphatic carbocycles. The van der Waals surface area contributed by atoms with Crippen molar-refractivity contribution in [3.63, 3.8) is 0 Å². The lowest BCUT2D eigenvalue weighted by Gasteiger charge is -2.10. The number of rotatable bonds is 2. The zero-order valence-corrected chi connectivity index (χ0v) is 13.5. The van der Waals surface area contributed by atoms with E-state index < -0.39 is 22.1 Å². The summed E-state index contributed by atoms with van der Waals surface area (Å²) in [6.45, 7) is 0. The van der Waals surface area contributed by atoms with Crippen LogP contribution in [-0.2, 0) is 11.8 Å². The van der Waals surface area contributed by atoms with Gasteiger partial charge in [-0.1, -0.05) is 18.2 Å². The molecule has 0 saturated heterocycles. The second kappa shape index (κ2) is 5.50. The van der Waals surface area contributed by atoms with E-state index in [-0.39, 0.29) is 11.3 Å². The fourth-order valence-corrected chi connectivity index (χ4v) is 2.74. The predicted molar refractivity (Wildman–Crippen MR) is 85.1 cm³/mol. The van der Waals surface area contributed by atoms with Crippen molar-refractivity contribution in [2.24, 2.45) is 13.0 Å². The number of hydrogen-bond acceptors (Lipinski definition) is 4. The Morgan fingerprint density at radius 1 is 1.26 bits per heavy atom. The van der Waals surface area contributed by atoms with Crippen LogP contribution in [0.4, 0.5) is 0 Å². The number of nitrogens with zero attached hydrogens (tertiary/aromatic N) is 2. The number of aromatic nitrogens is 2. The minimum Gasteiger partial charge on any atom is -0.273 e. The van der Waals surface area contributed by atoms with E-state index >= 15 is 0 Å². The number of hydrazine groups is 1. The average Bonchev–Trinajstić information content (AvgIpc) is 3.17. The molecule has 0 spiro atoms. The van der Waals surface area contributed by atoms with Gasteiger partial charge in [-0.25, -0.2) is 4.68 Å². The van der Waals surface area contributed by atoms with Crippen LogP contribution in [0.1, 0.15) is 16.9 Å². The molecule has 9 heteroatoms. The second-order valence-electron chi connectivity index (χ2n) is 5.28. The first-order chi connectivity index (χ1) is 10.8. The number of carbonyl (C=O) groups is 2. The minimum absolute atomic E-state index is 0.0295. The van der Waals surface area contributed by atoms with E-state index in [1.807, 2.05) is 0 Å². The Balaban J connectivity index is 1.83. The van der Waals surface area contributed by atoms with E-state index in [9.17, 15) is 14.4 Å². The van der Waals surface area contributed by atoms with Crippen LogP contribution in [0.25, 0.3) is 10.8 Å². The molecule has 1 heterocycles. The molecule has 0 aliphatic heterocycles. The summed E-state index contributed by atoms with van der Waals surface area (Å²) in [6.07, 6.45) is 0.332. The van der Waals surface area contributed by atoms with Gasteiger partial charge in [-0.05, 0) is 12.5 Å². The van der Waals surface area contributed by atoms with Gasteiger partial charge in [0, 0.05) is 12.4 Å². The number of halogens is 2. The van der Waals surface area contributed by atoms with Gasteiger partial charge >= 0.3 is 0 Å². The number of benzene rings is 1. The molecule has 23 heavy (non-hydrogen) atoms. The Bertz CT molecular complexity index is 878. The van der Waals surface area contributed by atoms with E-state index in [4.69, 9.17) is 23.2 Å².